The van der Waals surface area contributed by atoms with Gasteiger partial charge in [-0.25, -0.2) is 0 Å². The fourth-order valence-corrected chi connectivity index (χ4v) is 3.36. The van der Waals surface area contributed by atoms with E-state index in [4.69, 9.17) is 11.6 Å². The summed E-state index contributed by atoms with van der Waals surface area (Å²) < 4.78 is 0. The molecule has 3 rings (SSSR count). The SMILES string of the molecule is CNC1CCC(c2cccc(Cl)c2)c2ccccc21. The van der Waals surface area contributed by atoms with E-state index in [1.165, 1.54) is 29.5 Å². The molecule has 1 N–H and O–H groups in total. The third-order valence-electron chi connectivity index (χ3n) is 4.09. The van der Waals surface area contributed by atoms with E-state index in [-0.39, 0.29) is 0 Å². The number of hydrogen-bond acceptors (Lipinski definition) is 1. The molecule has 0 saturated carbocycles. The van der Waals surface area contributed by atoms with Crippen molar-refractivity contribution in [3.8, 4) is 0 Å². The summed E-state index contributed by atoms with van der Waals surface area (Å²) >= 11 is 6.13. The van der Waals surface area contributed by atoms with Gasteiger partial charge in [0.15, 0.2) is 0 Å². The predicted octanol–water partition coefficient (Wildman–Crippen LogP) is 4.53. The first-order valence-electron chi connectivity index (χ1n) is 6.81. The van der Waals surface area contributed by atoms with Crippen LogP contribution in [0.4, 0.5) is 0 Å². The highest BCUT2D eigenvalue weighted by molar-refractivity contribution is 6.30. The summed E-state index contributed by atoms with van der Waals surface area (Å²) in [4.78, 5) is 0. The fraction of sp³-hybridized carbons (Fsp3) is 0.294. The van der Waals surface area contributed by atoms with E-state index in [9.17, 15) is 0 Å². The summed E-state index contributed by atoms with van der Waals surface area (Å²) in [5, 5.41) is 4.24. The molecule has 0 fully saturated rings. The van der Waals surface area contributed by atoms with Crippen molar-refractivity contribution < 1.29 is 0 Å². The first-order valence-corrected chi connectivity index (χ1v) is 7.19. The molecule has 19 heavy (non-hydrogen) atoms. The smallest absolute Gasteiger partial charge is 0.0408 e. The Morgan fingerprint density at radius 2 is 1.79 bits per heavy atom. The van der Waals surface area contributed by atoms with Gasteiger partial charge in [0, 0.05) is 17.0 Å². The van der Waals surface area contributed by atoms with Crippen LogP contribution in [0.2, 0.25) is 5.02 Å². The van der Waals surface area contributed by atoms with Gasteiger partial charge in [-0.1, -0.05) is 48.0 Å². The summed E-state index contributed by atoms with van der Waals surface area (Å²) in [6.07, 6.45) is 2.34. The second-order valence-corrected chi connectivity index (χ2v) is 5.59. The third kappa shape index (κ3) is 2.41. The number of rotatable bonds is 2. The molecule has 0 bridgehead atoms. The molecular formula is C17H18ClN. The minimum absolute atomic E-state index is 0.472. The molecule has 0 saturated heterocycles. The van der Waals surface area contributed by atoms with Crippen LogP contribution in [-0.4, -0.2) is 7.05 Å². The van der Waals surface area contributed by atoms with Crippen LogP contribution in [0.5, 0.6) is 0 Å². The number of benzene rings is 2. The summed E-state index contributed by atoms with van der Waals surface area (Å²) in [5.41, 5.74) is 4.20. The second-order valence-electron chi connectivity index (χ2n) is 5.16. The first-order chi connectivity index (χ1) is 9.29. The van der Waals surface area contributed by atoms with Crippen LogP contribution < -0.4 is 5.32 Å². The van der Waals surface area contributed by atoms with Crippen molar-refractivity contribution in [2.24, 2.45) is 0 Å². The van der Waals surface area contributed by atoms with E-state index in [1.807, 2.05) is 19.2 Å². The van der Waals surface area contributed by atoms with E-state index in [1.54, 1.807) is 0 Å². The van der Waals surface area contributed by atoms with E-state index in [0.717, 1.165) is 5.02 Å². The Kier molecular flexibility index (Phi) is 3.58. The van der Waals surface area contributed by atoms with Crippen molar-refractivity contribution >= 4 is 11.6 Å². The molecule has 0 radical (unpaired) electrons. The highest BCUT2D eigenvalue weighted by atomic mass is 35.5. The highest BCUT2D eigenvalue weighted by Crippen LogP contribution is 2.41. The highest BCUT2D eigenvalue weighted by Gasteiger charge is 2.26. The van der Waals surface area contributed by atoms with Gasteiger partial charge in [-0.05, 0) is 48.7 Å². The van der Waals surface area contributed by atoms with Gasteiger partial charge < -0.3 is 5.32 Å². The standard InChI is InChI=1S/C17H18ClN/c1-19-17-10-9-14(12-5-4-6-13(18)11-12)15-7-2-3-8-16(15)17/h2-8,11,14,17,19H,9-10H2,1H3. The third-order valence-corrected chi connectivity index (χ3v) is 4.33. The maximum absolute atomic E-state index is 6.13. The number of fused-ring (bicyclic) bond motifs is 1. The topological polar surface area (TPSA) is 12.0 Å². The molecule has 2 aromatic carbocycles. The van der Waals surface area contributed by atoms with Gasteiger partial charge in [-0.2, -0.15) is 0 Å². The normalized spacial score (nSPS) is 22.0. The van der Waals surface area contributed by atoms with Crippen LogP contribution >= 0.6 is 11.6 Å². The largest absolute Gasteiger partial charge is 0.313 e. The molecule has 2 unspecified atom stereocenters. The van der Waals surface area contributed by atoms with E-state index < -0.39 is 0 Å². The summed E-state index contributed by atoms with van der Waals surface area (Å²) in [6, 6.07) is 17.5. The van der Waals surface area contributed by atoms with Gasteiger partial charge in [0.05, 0.1) is 0 Å². The van der Waals surface area contributed by atoms with E-state index >= 15 is 0 Å². The van der Waals surface area contributed by atoms with E-state index in [2.05, 4.69) is 41.7 Å². The lowest BCUT2D eigenvalue weighted by Crippen LogP contribution is -2.24. The van der Waals surface area contributed by atoms with Crippen molar-refractivity contribution in [2.45, 2.75) is 24.8 Å². The number of halogens is 1. The molecule has 2 atom stereocenters. The van der Waals surface area contributed by atoms with Gasteiger partial charge >= 0.3 is 0 Å². The average Bonchev–Trinajstić information content (AvgIpc) is 2.46. The Bertz CT molecular complexity index is 579. The molecule has 0 aliphatic heterocycles. The van der Waals surface area contributed by atoms with Crippen LogP contribution in [-0.2, 0) is 0 Å². The fourth-order valence-electron chi connectivity index (χ4n) is 3.16. The van der Waals surface area contributed by atoms with Crippen LogP contribution in [0.15, 0.2) is 48.5 Å². The van der Waals surface area contributed by atoms with Crippen LogP contribution in [0.1, 0.15) is 41.5 Å². The Hall–Kier alpha value is -1.31. The second kappa shape index (κ2) is 5.36. The maximum atomic E-state index is 6.13. The lowest BCUT2D eigenvalue weighted by atomic mass is 9.77. The zero-order valence-corrected chi connectivity index (χ0v) is 11.8. The first kappa shape index (κ1) is 12.7. The lowest BCUT2D eigenvalue weighted by molar-refractivity contribution is 0.471. The van der Waals surface area contributed by atoms with Gasteiger partial charge in [0.2, 0.25) is 0 Å². The van der Waals surface area contributed by atoms with Gasteiger partial charge in [-0.3, -0.25) is 0 Å². The molecule has 0 amide bonds. The molecule has 1 aliphatic rings. The molecular weight excluding hydrogens is 254 g/mol. The molecule has 0 aromatic heterocycles. The average molecular weight is 272 g/mol. The number of hydrogen-bond donors (Lipinski definition) is 1. The zero-order chi connectivity index (χ0) is 13.2. The van der Waals surface area contributed by atoms with Crippen molar-refractivity contribution in [2.75, 3.05) is 7.05 Å². The van der Waals surface area contributed by atoms with E-state index in [0.29, 0.717) is 12.0 Å². The van der Waals surface area contributed by atoms with Crippen LogP contribution in [0.3, 0.4) is 0 Å². The monoisotopic (exact) mass is 271 g/mol. The number of nitrogens with one attached hydrogen (secondary N) is 1. The molecule has 1 aliphatic carbocycles. The van der Waals surface area contributed by atoms with Crippen LogP contribution in [0, 0.1) is 0 Å². The molecule has 2 aromatic rings. The minimum atomic E-state index is 0.472. The van der Waals surface area contributed by atoms with Crippen molar-refractivity contribution in [1.82, 2.24) is 5.32 Å². The zero-order valence-electron chi connectivity index (χ0n) is 11.1. The van der Waals surface area contributed by atoms with Crippen molar-refractivity contribution in [3.63, 3.8) is 0 Å². The Morgan fingerprint density at radius 1 is 1.00 bits per heavy atom. The minimum Gasteiger partial charge on any atom is -0.313 e. The van der Waals surface area contributed by atoms with Gasteiger partial charge in [0.1, 0.15) is 0 Å². The summed E-state index contributed by atoms with van der Waals surface area (Å²) in [5.74, 6) is 0.472. The Morgan fingerprint density at radius 3 is 2.53 bits per heavy atom. The molecule has 0 spiro atoms. The molecule has 0 heterocycles. The maximum Gasteiger partial charge on any atom is 0.0408 e. The van der Waals surface area contributed by atoms with Crippen LogP contribution in [0.25, 0.3) is 0 Å². The van der Waals surface area contributed by atoms with Gasteiger partial charge in [-0.15, -0.1) is 0 Å². The Balaban J connectivity index is 2.05. The molecule has 1 nitrogen and oxygen atoms in total. The van der Waals surface area contributed by atoms with Crippen molar-refractivity contribution in [1.29, 1.82) is 0 Å². The predicted molar refractivity (Wildman–Crippen MR) is 80.8 cm³/mol. The molecule has 98 valence electrons. The molecule has 2 heteroatoms. The quantitative estimate of drug-likeness (QED) is 0.846. The van der Waals surface area contributed by atoms with Crippen molar-refractivity contribution in [3.05, 3.63) is 70.2 Å². The Labute approximate surface area is 119 Å². The van der Waals surface area contributed by atoms with Gasteiger partial charge in [0.25, 0.3) is 0 Å². The summed E-state index contributed by atoms with van der Waals surface area (Å²) in [7, 11) is 2.04. The lowest BCUT2D eigenvalue weighted by Gasteiger charge is -2.31. The summed E-state index contributed by atoms with van der Waals surface area (Å²) in [6.45, 7) is 0.